The Balaban J connectivity index is 2.63. The van der Waals surface area contributed by atoms with Crippen LogP contribution in [0.4, 0.5) is 5.69 Å². The summed E-state index contributed by atoms with van der Waals surface area (Å²) in [5.41, 5.74) is 9.28. The van der Waals surface area contributed by atoms with Gasteiger partial charge in [-0.3, -0.25) is 5.43 Å². The maximum atomic E-state index is 5.26. The van der Waals surface area contributed by atoms with Crippen LogP contribution in [0.15, 0.2) is 29.4 Å². The van der Waals surface area contributed by atoms with Gasteiger partial charge in [0.1, 0.15) is 4.99 Å². The van der Waals surface area contributed by atoms with Gasteiger partial charge >= 0.3 is 0 Å². The summed E-state index contributed by atoms with van der Waals surface area (Å²) in [5.74, 6) is 0. The van der Waals surface area contributed by atoms with Crippen LogP contribution in [0, 0.1) is 3.57 Å². The first kappa shape index (κ1) is 14.3. The number of nitrogens with zero attached hydrogens (tertiary/aromatic N) is 1. The first-order valence-corrected chi connectivity index (χ1v) is 6.55. The molecule has 0 unspecified atom stereocenters. The van der Waals surface area contributed by atoms with Crippen LogP contribution in [0.2, 0.25) is 0 Å². The Hall–Kier alpha value is -0.800. The highest BCUT2D eigenvalue weighted by atomic mass is 127. The lowest BCUT2D eigenvalue weighted by atomic mass is 10.3. The number of hydrazone groups is 1. The Morgan fingerprint density at radius 2 is 1.88 bits per heavy atom. The lowest BCUT2D eigenvalue weighted by molar-refractivity contribution is 1.03. The normalized spacial score (nSPS) is 10.8. The van der Waals surface area contributed by atoms with Crippen LogP contribution in [0.1, 0.15) is 6.92 Å². The van der Waals surface area contributed by atoms with E-state index in [2.05, 4.69) is 50.7 Å². The van der Waals surface area contributed by atoms with Gasteiger partial charge in [-0.25, -0.2) is 0 Å². The molecule has 0 saturated carbocycles. The van der Waals surface area contributed by atoms with E-state index in [0.29, 0.717) is 10.7 Å². The first-order valence-electron chi connectivity index (χ1n) is 4.65. The van der Waals surface area contributed by atoms with Gasteiger partial charge in [0, 0.05) is 9.26 Å². The summed E-state index contributed by atoms with van der Waals surface area (Å²) in [6.07, 6.45) is 0. The molecule has 0 bridgehead atoms. The molecule has 1 aromatic carbocycles. The topological polar surface area (TPSA) is 62.4 Å². The largest absolute Gasteiger partial charge is 0.375 e. The molecule has 0 radical (unpaired) electrons. The Morgan fingerprint density at radius 3 is 2.41 bits per heavy atom. The molecular formula is C10H11IN4S2. The van der Waals surface area contributed by atoms with Crippen LogP contribution in [-0.4, -0.2) is 15.8 Å². The van der Waals surface area contributed by atoms with Gasteiger partial charge in [0.25, 0.3) is 0 Å². The third kappa shape index (κ3) is 5.37. The number of hydrogen-bond donors (Lipinski definition) is 3. The van der Waals surface area contributed by atoms with E-state index in [9.17, 15) is 0 Å². The fourth-order valence-electron chi connectivity index (χ4n) is 0.944. The Kier molecular flexibility index (Phi) is 5.72. The van der Waals surface area contributed by atoms with Gasteiger partial charge in [0.2, 0.25) is 0 Å². The van der Waals surface area contributed by atoms with Crippen molar-refractivity contribution in [1.29, 1.82) is 0 Å². The monoisotopic (exact) mass is 378 g/mol. The van der Waals surface area contributed by atoms with Crippen molar-refractivity contribution in [2.45, 2.75) is 6.92 Å². The molecule has 0 amide bonds. The minimum Gasteiger partial charge on any atom is -0.375 e. The van der Waals surface area contributed by atoms with Crippen LogP contribution in [0.25, 0.3) is 0 Å². The fraction of sp³-hybridized carbons (Fsp3) is 0.100. The number of benzene rings is 1. The maximum absolute atomic E-state index is 5.26. The van der Waals surface area contributed by atoms with Gasteiger partial charge in [-0.1, -0.05) is 12.2 Å². The average Bonchev–Trinajstić information content (AvgIpc) is 2.28. The van der Waals surface area contributed by atoms with Crippen molar-refractivity contribution in [3.8, 4) is 0 Å². The molecule has 1 rings (SSSR count). The van der Waals surface area contributed by atoms with E-state index in [1.165, 1.54) is 3.57 Å². The van der Waals surface area contributed by atoms with Gasteiger partial charge in [-0.15, -0.1) is 0 Å². The predicted octanol–water partition coefficient (Wildman–Crippen LogP) is 2.24. The summed E-state index contributed by atoms with van der Waals surface area (Å²) >= 11 is 12.1. The number of anilines is 1. The molecule has 0 aliphatic rings. The molecule has 0 fully saturated rings. The van der Waals surface area contributed by atoms with E-state index >= 15 is 0 Å². The highest BCUT2D eigenvalue weighted by Gasteiger charge is 2.02. The van der Waals surface area contributed by atoms with Crippen molar-refractivity contribution in [2.24, 2.45) is 10.8 Å². The molecule has 1 aromatic rings. The minimum atomic E-state index is 0.112. The SMILES string of the molecule is C/C(=N/NC(N)=S)C(=S)Nc1ccc(I)cc1. The van der Waals surface area contributed by atoms with Crippen molar-refractivity contribution in [3.05, 3.63) is 27.8 Å². The lowest BCUT2D eigenvalue weighted by Crippen LogP contribution is -2.28. The van der Waals surface area contributed by atoms with Crippen molar-refractivity contribution < 1.29 is 0 Å². The van der Waals surface area contributed by atoms with Crippen molar-refractivity contribution in [1.82, 2.24) is 5.43 Å². The van der Waals surface area contributed by atoms with E-state index in [0.717, 1.165) is 5.69 Å². The fourth-order valence-corrected chi connectivity index (χ4v) is 1.51. The third-order valence-corrected chi connectivity index (χ3v) is 2.97. The van der Waals surface area contributed by atoms with Crippen LogP contribution in [0.3, 0.4) is 0 Å². The molecular weight excluding hydrogens is 367 g/mol. The van der Waals surface area contributed by atoms with E-state index in [4.69, 9.17) is 18.0 Å². The highest BCUT2D eigenvalue weighted by molar-refractivity contribution is 14.1. The lowest BCUT2D eigenvalue weighted by Gasteiger charge is -2.07. The summed E-state index contributed by atoms with van der Waals surface area (Å²) in [6, 6.07) is 7.88. The van der Waals surface area contributed by atoms with Gasteiger partial charge in [-0.05, 0) is 66.0 Å². The van der Waals surface area contributed by atoms with E-state index in [1.807, 2.05) is 24.3 Å². The summed E-state index contributed by atoms with van der Waals surface area (Å²) in [6.45, 7) is 1.77. The predicted molar refractivity (Wildman–Crippen MR) is 88.4 cm³/mol. The summed E-state index contributed by atoms with van der Waals surface area (Å²) in [7, 11) is 0. The van der Waals surface area contributed by atoms with Crippen LogP contribution in [0.5, 0.6) is 0 Å². The summed E-state index contributed by atoms with van der Waals surface area (Å²) in [4.78, 5) is 0.523. The number of rotatable bonds is 3. The Morgan fingerprint density at radius 1 is 1.29 bits per heavy atom. The van der Waals surface area contributed by atoms with E-state index < -0.39 is 0 Å². The quantitative estimate of drug-likeness (QED) is 0.326. The molecule has 0 aliphatic heterocycles. The number of thiocarbonyl (C=S) groups is 2. The van der Waals surface area contributed by atoms with Gasteiger partial charge < -0.3 is 11.1 Å². The molecule has 17 heavy (non-hydrogen) atoms. The molecule has 7 heteroatoms. The summed E-state index contributed by atoms with van der Waals surface area (Å²) < 4.78 is 1.17. The highest BCUT2D eigenvalue weighted by Crippen LogP contribution is 2.11. The van der Waals surface area contributed by atoms with Gasteiger partial charge in [0.15, 0.2) is 5.11 Å². The zero-order chi connectivity index (χ0) is 12.8. The second-order valence-corrected chi connectivity index (χ2v) is 5.23. The number of halogens is 1. The van der Waals surface area contributed by atoms with Crippen LogP contribution >= 0.6 is 47.0 Å². The number of nitrogens with one attached hydrogen (secondary N) is 2. The molecule has 0 spiro atoms. The molecule has 4 nitrogen and oxygen atoms in total. The zero-order valence-electron chi connectivity index (χ0n) is 9.03. The molecule has 90 valence electrons. The molecule has 0 aromatic heterocycles. The van der Waals surface area contributed by atoms with Gasteiger partial charge in [-0.2, -0.15) is 5.10 Å². The smallest absolute Gasteiger partial charge is 0.184 e. The number of hydrogen-bond acceptors (Lipinski definition) is 3. The van der Waals surface area contributed by atoms with Crippen LogP contribution in [-0.2, 0) is 0 Å². The Labute approximate surface area is 124 Å². The third-order valence-electron chi connectivity index (χ3n) is 1.76. The standard InChI is InChI=1S/C10H11IN4S2/c1-6(14-15-10(12)17)9(16)13-8-4-2-7(11)3-5-8/h2-5H,1H3,(H,13,16)(H3,12,15,17)/b14-6-. The van der Waals surface area contributed by atoms with Crippen LogP contribution < -0.4 is 16.5 Å². The molecule has 4 N–H and O–H groups in total. The molecule has 0 saturated heterocycles. The zero-order valence-corrected chi connectivity index (χ0v) is 12.8. The average molecular weight is 378 g/mol. The first-order chi connectivity index (χ1) is 7.99. The summed E-state index contributed by atoms with van der Waals surface area (Å²) in [5, 5.41) is 7.11. The van der Waals surface area contributed by atoms with Crippen molar-refractivity contribution in [2.75, 3.05) is 5.32 Å². The molecule has 0 aliphatic carbocycles. The van der Waals surface area contributed by atoms with E-state index in [1.54, 1.807) is 6.92 Å². The molecule has 0 atom stereocenters. The second kappa shape index (κ2) is 6.82. The van der Waals surface area contributed by atoms with Crippen molar-refractivity contribution >= 4 is 68.5 Å². The minimum absolute atomic E-state index is 0.112. The second-order valence-electron chi connectivity index (χ2n) is 3.13. The Bertz CT molecular complexity index is 456. The maximum Gasteiger partial charge on any atom is 0.184 e. The van der Waals surface area contributed by atoms with E-state index in [-0.39, 0.29) is 5.11 Å². The number of nitrogens with two attached hydrogens (primary N) is 1. The van der Waals surface area contributed by atoms with Crippen molar-refractivity contribution in [3.63, 3.8) is 0 Å². The molecule has 0 heterocycles. The van der Waals surface area contributed by atoms with Gasteiger partial charge in [0.05, 0.1) is 5.71 Å².